The minimum absolute atomic E-state index is 0. The summed E-state index contributed by atoms with van der Waals surface area (Å²) >= 11 is 0. The van der Waals surface area contributed by atoms with Crippen LogP contribution in [0.5, 0.6) is 0 Å². The van der Waals surface area contributed by atoms with Gasteiger partial charge in [0, 0.05) is 7.11 Å². The molecule has 0 saturated carbocycles. The van der Waals surface area contributed by atoms with Crippen LogP contribution in [-0.2, 0) is 21.8 Å². The number of carbonyl (C=O) groups excluding carboxylic acids is 2. The predicted octanol–water partition coefficient (Wildman–Crippen LogP) is 3.53. The molecule has 1 aliphatic heterocycles. The molecule has 9 nitrogen and oxygen atoms in total. The Bertz CT molecular complexity index is 995. The van der Waals surface area contributed by atoms with Crippen LogP contribution in [0.1, 0.15) is 59.5 Å². The maximum Gasteiger partial charge on any atom is 2.00 e. The summed E-state index contributed by atoms with van der Waals surface area (Å²) in [5, 5.41) is 10.6. The number of nitrogens with one attached hydrogen (secondary N) is 1. The molecule has 1 atom stereocenters. The Kier molecular flexibility index (Phi) is 7.29. The van der Waals surface area contributed by atoms with Gasteiger partial charge in [-0.2, -0.15) is 0 Å². The number of azo groups is 1. The van der Waals surface area contributed by atoms with Gasteiger partial charge in [0.15, 0.2) is 5.69 Å². The summed E-state index contributed by atoms with van der Waals surface area (Å²) in [5.74, 6) is -0.853. The Morgan fingerprint density at radius 2 is 1.90 bits per heavy atom. The van der Waals surface area contributed by atoms with Crippen molar-refractivity contribution in [1.29, 1.82) is 0 Å². The Morgan fingerprint density at radius 3 is 2.52 bits per heavy atom. The van der Waals surface area contributed by atoms with E-state index in [2.05, 4.69) is 15.4 Å². The number of aromatic amines is 1. The first kappa shape index (κ1) is 22.7. The number of amides is 2. The van der Waals surface area contributed by atoms with E-state index in [9.17, 15) is 14.4 Å². The van der Waals surface area contributed by atoms with E-state index < -0.39 is 11.5 Å². The number of hydrogen-bond acceptors (Lipinski definition) is 7. The van der Waals surface area contributed by atoms with Gasteiger partial charge in [0.1, 0.15) is 0 Å². The summed E-state index contributed by atoms with van der Waals surface area (Å²) in [7, 11) is 1.52. The van der Waals surface area contributed by atoms with Gasteiger partial charge in [0.05, 0.1) is 35.2 Å². The molecule has 157 valence electrons. The standard InChI is InChI=1S/C19H22N4O5.Cu/c1-5-11(9-27-4)23-17(24)12-7-6-8-13(14(12)18(23)25)20-21-16-15(10(2)3)22-28-19(16)26;/h6-8,10-11,22H,5,9H2,1-4H3;/q;+2. The summed E-state index contributed by atoms with van der Waals surface area (Å²) in [6, 6.07) is 4.42. The molecule has 0 fully saturated rings. The quantitative estimate of drug-likeness (QED) is 0.394. The van der Waals surface area contributed by atoms with E-state index in [0.29, 0.717) is 12.1 Å². The summed E-state index contributed by atoms with van der Waals surface area (Å²) in [6.07, 6.45) is 0.568. The molecule has 1 aromatic carbocycles. The molecule has 0 saturated heterocycles. The third-order valence-corrected chi connectivity index (χ3v) is 4.66. The van der Waals surface area contributed by atoms with Crippen LogP contribution in [-0.4, -0.2) is 41.6 Å². The zero-order chi connectivity index (χ0) is 20.4. The molecule has 2 aromatic rings. The molecule has 0 spiro atoms. The van der Waals surface area contributed by atoms with Gasteiger partial charge in [0.2, 0.25) is 0 Å². The number of fused-ring (bicyclic) bond motifs is 1. The third kappa shape index (κ3) is 4.10. The second-order valence-electron chi connectivity index (χ2n) is 6.81. The van der Waals surface area contributed by atoms with Crippen LogP contribution in [0.4, 0.5) is 11.4 Å². The number of methoxy groups -OCH3 is 1. The molecular weight excluding hydrogens is 428 g/mol. The van der Waals surface area contributed by atoms with E-state index in [1.807, 2.05) is 20.8 Å². The number of aromatic nitrogens is 1. The fraction of sp³-hybridized carbons (Fsp3) is 0.421. The number of carbonyl (C=O) groups is 2. The maximum absolute atomic E-state index is 13.0. The number of H-pyrrole nitrogens is 1. The molecule has 3 rings (SSSR count). The SMILES string of the molecule is CCC(COC)N1C(=O)c2cccc(N=Nc3c(C(C)C)[nH]oc3=O)c2C1=O.[Cu+2]. The Morgan fingerprint density at radius 1 is 1.17 bits per heavy atom. The fourth-order valence-electron chi connectivity index (χ4n) is 3.17. The maximum atomic E-state index is 13.0. The summed E-state index contributed by atoms with van der Waals surface area (Å²) in [6.45, 7) is 5.88. The topological polar surface area (TPSA) is 117 Å². The van der Waals surface area contributed by atoms with E-state index in [1.165, 1.54) is 12.0 Å². The number of rotatable bonds is 7. The van der Waals surface area contributed by atoms with Crippen LogP contribution in [0.15, 0.2) is 37.7 Å². The molecule has 10 heteroatoms. The second-order valence-corrected chi connectivity index (χ2v) is 6.81. The van der Waals surface area contributed by atoms with Crippen molar-refractivity contribution in [2.24, 2.45) is 10.2 Å². The Labute approximate surface area is 177 Å². The van der Waals surface area contributed by atoms with Gasteiger partial charge in [-0.1, -0.05) is 26.8 Å². The molecule has 0 bridgehead atoms. The molecule has 29 heavy (non-hydrogen) atoms. The Hall–Kier alpha value is -2.55. The van der Waals surface area contributed by atoms with Gasteiger partial charge >= 0.3 is 22.7 Å². The number of imide groups is 1. The van der Waals surface area contributed by atoms with E-state index in [-0.39, 0.29) is 64.0 Å². The zero-order valence-electron chi connectivity index (χ0n) is 16.5. The van der Waals surface area contributed by atoms with Crippen molar-refractivity contribution < 1.29 is 35.9 Å². The monoisotopic (exact) mass is 449 g/mol. The van der Waals surface area contributed by atoms with Crippen molar-refractivity contribution in [3.8, 4) is 0 Å². The first-order chi connectivity index (χ1) is 13.4. The molecule has 2 heterocycles. The van der Waals surface area contributed by atoms with Crippen LogP contribution in [0.3, 0.4) is 0 Å². The minimum atomic E-state index is -0.643. The normalized spacial score (nSPS) is 14.6. The van der Waals surface area contributed by atoms with Crippen molar-refractivity contribution in [3.63, 3.8) is 0 Å². The molecule has 1 aliphatic rings. The van der Waals surface area contributed by atoms with Crippen LogP contribution in [0, 0.1) is 0 Å². The van der Waals surface area contributed by atoms with Crippen LogP contribution >= 0.6 is 0 Å². The molecule has 0 aliphatic carbocycles. The summed E-state index contributed by atoms with van der Waals surface area (Å²) < 4.78 is 9.93. The molecule has 1 aromatic heterocycles. The third-order valence-electron chi connectivity index (χ3n) is 4.66. The van der Waals surface area contributed by atoms with Crippen molar-refractivity contribution in [2.45, 2.75) is 39.2 Å². The summed E-state index contributed by atoms with van der Waals surface area (Å²) in [4.78, 5) is 38.8. The number of hydrogen-bond donors (Lipinski definition) is 1. The second kappa shape index (κ2) is 9.30. The van der Waals surface area contributed by atoms with Gasteiger partial charge < -0.3 is 9.26 Å². The van der Waals surface area contributed by atoms with Crippen LogP contribution < -0.4 is 5.63 Å². The van der Waals surface area contributed by atoms with Crippen LogP contribution in [0.25, 0.3) is 0 Å². The molecule has 1 unspecified atom stereocenters. The predicted molar refractivity (Wildman–Crippen MR) is 100 cm³/mol. The summed E-state index contributed by atoms with van der Waals surface area (Å²) in [5.41, 5.74) is 0.581. The van der Waals surface area contributed by atoms with Gasteiger partial charge in [-0.25, -0.2) is 9.95 Å². The van der Waals surface area contributed by atoms with Gasteiger partial charge in [-0.3, -0.25) is 14.5 Å². The van der Waals surface area contributed by atoms with Gasteiger partial charge in [-0.15, -0.1) is 10.2 Å². The van der Waals surface area contributed by atoms with Crippen molar-refractivity contribution >= 4 is 23.2 Å². The van der Waals surface area contributed by atoms with E-state index in [0.717, 1.165) is 0 Å². The van der Waals surface area contributed by atoms with Crippen LogP contribution in [0.2, 0.25) is 0 Å². The zero-order valence-corrected chi connectivity index (χ0v) is 17.4. The van der Waals surface area contributed by atoms with Crippen molar-refractivity contribution in [2.75, 3.05) is 13.7 Å². The molecule has 1 radical (unpaired) electrons. The number of ether oxygens (including phenoxy) is 1. The molecular formula is C19H22CuN4O5+2. The average Bonchev–Trinajstić information content (AvgIpc) is 3.16. The van der Waals surface area contributed by atoms with Gasteiger partial charge in [-0.05, 0) is 24.5 Å². The largest absolute Gasteiger partial charge is 2.00 e. The van der Waals surface area contributed by atoms with E-state index in [4.69, 9.17) is 9.26 Å². The van der Waals surface area contributed by atoms with Crippen molar-refractivity contribution in [3.05, 3.63) is 45.4 Å². The average molecular weight is 450 g/mol. The smallest absolute Gasteiger partial charge is 0.383 e. The first-order valence-electron chi connectivity index (χ1n) is 9.03. The first-order valence-corrected chi connectivity index (χ1v) is 9.03. The van der Waals surface area contributed by atoms with Gasteiger partial charge in [0.25, 0.3) is 11.8 Å². The molecule has 1 N–H and O–H groups in total. The number of nitrogens with zero attached hydrogens (tertiary/aromatic N) is 3. The van der Waals surface area contributed by atoms with Crippen molar-refractivity contribution in [1.82, 2.24) is 10.1 Å². The van der Waals surface area contributed by atoms with E-state index in [1.54, 1.807) is 18.2 Å². The number of benzene rings is 1. The Balaban J connectivity index is 0.00000300. The minimum Gasteiger partial charge on any atom is -0.383 e. The molecule has 2 amide bonds. The van der Waals surface area contributed by atoms with E-state index >= 15 is 0 Å². The fourth-order valence-corrected chi connectivity index (χ4v) is 3.17.